The molecule has 0 fully saturated rings. The molecule has 0 aliphatic carbocycles. The highest BCUT2D eigenvalue weighted by molar-refractivity contribution is 5.40. The summed E-state index contributed by atoms with van der Waals surface area (Å²) in [5.74, 6) is 0. The summed E-state index contributed by atoms with van der Waals surface area (Å²) in [6.07, 6.45) is -2.15. The van der Waals surface area contributed by atoms with E-state index in [0.717, 1.165) is 0 Å². The standard InChI is InChI=1S/C11H14N4O4/c1-7-6-8(15(18)19)2-3-9(7)11(17)10(16)4-5-13-14-12/h2-3,6,10-11,16-17H,4-5H2,1H3. The van der Waals surface area contributed by atoms with Crippen LogP contribution in [0.2, 0.25) is 0 Å². The Morgan fingerprint density at radius 2 is 2.21 bits per heavy atom. The second-order valence-electron chi connectivity index (χ2n) is 4.05. The van der Waals surface area contributed by atoms with Crippen LogP contribution in [0.1, 0.15) is 23.7 Å². The number of hydrogen-bond donors (Lipinski definition) is 2. The predicted molar refractivity (Wildman–Crippen MR) is 67.4 cm³/mol. The van der Waals surface area contributed by atoms with Crippen LogP contribution < -0.4 is 0 Å². The minimum Gasteiger partial charge on any atom is -0.390 e. The highest BCUT2D eigenvalue weighted by Gasteiger charge is 2.21. The molecule has 0 amide bonds. The Kier molecular flexibility index (Phi) is 5.25. The van der Waals surface area contributed by atoms with Gasteiger partial charge in [-0.3, -0.25) is 10.1 Å². The van der Waals surface area contributed by atoms with Crippen molar-refractivity contribution in [2.24, 2.45) is 5.11 Å². The SMILES string of the molecule is Cc1cc([N+](=O)[O-])ccc1C(O)C(O)CCN=[N+]=[N-]. The van der Waals surface area contributed by atoms with Gasteiger partial charge in [-0.25, -0.2) is 0 Å². The van der Waals surface area contributed by atoms with Crippen molar-refractivity contribution in [1.82, 2.24) is 0 Å². The lowest BCUT2D eigenvalue weighted by Crippen LogP contribution is -2.20. The van der Waals surface area contributed by atoms with Crippen molar-refractivity contribution in [3.8, 4) is 0 Å². The Balaban J connectivity index is 2.84. The fourth-order valence-corrected chi connectivity index (χ4v) is 1.71. The van der Waals surface area contributed by atoms with E-state index in [1.165, 1.54) is 18.2 Å². The minimum absolute atomic E-state index is 0.0702. The van der Waals surface area contributed by atoms with E-state index >= 15 is 0 Å². The molecular weight excluding hydrogens is 252 g/mol. The molecule has 19 heavy (non-hydrogen) atoms. The molecule has 0 saturated carbocycles. The molecule has 8 heteroatoms. The molecule has 1 aromatic carbocycles. The normalized spacial score (nSPS) is 13.4. The summed E-state index contributed by atoms with van der Waals surface area (Å²) in [7, 11) is 0. The first-order valence-corrected chi connectivity index (χ1v) is 5.59. The van der Waals surface area contributed by atoms with Crippen molar-refractivity contribution in [2.45, 2.75) is 25.6 Å². The van der Waals surface area contributed by atoms with Crippen molar-refractivity contribution in [2.75, 3.05) is 6.54 Å². The molecule has 2 unspecified atom stereocenters. The van der Waals surface area contributed by atoms with Crippen molar-refractivity contribution >= 4 is 5.69 Å². The first-order chi connectivity index (χ1) is 8.97. The van der Waals surface area contributed by atoms with Crippen molar-refractivity contribution in [3.63, 3.8) is 0 Å². The molecule has 2 atom stereocenters. The zero-order valence-electron chi connectivity index (χ0n) is 10.3. The van der Waals surface area contributed by atoms with Crippen LogP contribution in [0.5, 0.6) is 0 Å². The van der Waals surface area contributed by atoms with Crippen LogP contribution in [0.4, 0.5) is 5.69 Å². The number of aryl methyl sites for hydroxylation is 1. The fourth-order valence-electron chi connectivity index (χ4n) is 1.71. The summed E-state index contributed by atoms with van der Waals surface area (Å²) in [6.45, 7) is 1.69. The van der Waals surface area contributed by atoms with Crippen LogP contribution in [0.15, 0.2) is 23.3 Å². The van der Waals surface area contributed by atoms with E-state index in [1.807, 2.05) is 0 Å². The third-order valence-electron chi connectivity index (χ3n) is 2.74. The van der Waals surface area contributed by atoms with Gasteiger partial charge in [-0.2, -0.15) is 0 Å². The zero-order chi connectivity index (χ0) is 14.4. The van der Waals surface area contributed by atoms with E-state index in [0.29, 0.717) is 11.1 Å². The molecular formula is C11H14N4O4. The quantitative estimate of drug-likeness (QED) is 0.268. The molecule has 0 heterocycles. The number of nitro groups is 1. The number of benzene rings is 1. The summed E-state index contributed by atoms with van der Waals surface area (Å²) in [4.78, 5) is 12.6. The summed E-state index contributed by atoms with van der Waals surface area (Å²) in [5.41, 5.74) is 8.97. The maximum Gasteiger partial charge on any atom is 0.269 e. The van der Waals surface area contributed by atoms with E-state index in [4.69, 9.17) is 5.53 Å². The Bertz CT molecular complexity index is 513. The fraction of sp³-hybridized carbons (Fsp3) is 0.455. The summed E-state index contributed by atoms with van der Waals surface area (Å²) in [5, 5.41) is 33.5. The van der Waals surface area contributed by atoms with Gasteiger partial charge >= 0.3 is 0 Å². The number of hydrogen-bond acceptors (Lipinski definition) is 5. The maximum atomic E-state index is 10.6. The van der Waals surface area contributed by atoms with Gasteiger partial charge in [0.15, 0.2) is 0 Å². The van der Waals surface area contributed by atoms with Gasteiger partial charge in [0.05, 0.1) is 11.0 Å². The van der Waals surface area contributed by atoms with E-state index in [1.54, 1.807) is 6.92 Å². The molecule has 0 bridgehead atoms. The number of nitro benzene ring substituents is 1. The lowest BCUT2D eigenvalue weighted by atomic mass is 9.97. The molecule has 0 saturated heterocycles. The first kappa shape index (κ1) is 14.9. The van der Waals surface area contributed by atoms with Gasteiger partial charge in [-0.1, -0.05) is 5.11 Å². The van der Waals surface area contributed by atoms with Crippen molar-refractivity contribution < 1.29 is 15.1 Å². The summed E-state index contributed by atoms with van der Waals surface area (Å²) < 4.78 is 0. The maximum absolute atomic E-state index is 10.6. The molecule has 2 N–H and O–H groups in total. The Labute approximate surface area is 109 Å². The molecule has 0 spiro atoms. The highest BCUT2D eigenvalue weighted by atomic mass is 16.6. The summed E-state index contributed by atoms with van der Waals surface area (Å²) in [6, 6.07) is 4.01. The van der Waals surface area contributed by atoms with Crippen LogP contribution in [-0.2, 0) is 0 Å². The molecule has 102 valence electrons. The lowest BCUT2D eigenvalue weighted by Gasteiger charge is -2.19. The molecule has 0 aromatic heterocycles. The van der Waals surface area contributed by atoms with Gasteiger partial charge in [-0.05, 0) is 36.1 Å². The number of aliphatic hydroxyl groups excluding tert-OH is 2. The number of non-ortho nitro benzene ring substituents is 1. The second-order valence-corrected chi connectivity index (χ2v) is 4.05. The molecule has 0 aliphatic rings. The van der Waals surface area contributed by atoms with Gasteiger partial charge in [0.25, 0.3) is 5.69 Å². The van der Waals surface area contributed by atoms with Crippen molar-refractivity contribution in [1.29, 1.82) is 0 Å². The average Bonchev–Trinajstić information content (AvgIpc) is 2.37. The topological polar surface area (TPSA) is 132 Å². The van der Waals surface area contributed by atoms with Crippen molar-refractivity contribution in [3.05, 3.63) is 49.9 Å². The average molecular weight is 266 g/mol. The number of rotatable bonds is 6. The Morgan fingerprint density at radius 1 is 1.53 bits per heavy atom. The third kappa shape index (κ3) is 3.92. The van der Waals surface area contributed by atoms with Gasteiger partial charge in [-0.15, -0.1) is 0 Å². The van der Waals surface area contributed by atoms with Gasteiger partial charge < -0.3 is 10.2 Å². The molecule has 1 aromatic rings. The molecule has 1 rings (SSSR count). The van der Waals surface area contributed by atoms with Crippen LogP contribution in [0, 0.1) is 17.0 Å². The number of nitrogens with zero attached hydrogens (tertiary/aromatic N) is 4. The van der Waals surface area contributed by atoms with Gasteiger partial charge in [0, 0.05) is 23.6 Å². The molecule has 0 aliphatic heterocycles. The van der Waals surface area contributed by atoms with Crippen LogP contribution >= 0.6 is 0 Å². The molecule has 0 radical (unpaired) electrons. The van der Waals surface area contributed by atoms with Crippen LogP contribution in [0.3, 0.4) is 0 Å². The van der Waals surface area contributed by atoms with E-state index in [2.05, 4.69) is 10.0 Å². The number of azide groups is 1. The monoisotopic (exact) mass is 266 g/mol. The predicted octanol–water partition coefficient (Wildman–Crippen LogP) is 2.00. The molecule has 8 nitrogen and oxygen atoms in total. The Hall–Kier alpha value is -2.15. The van der Waals surface area contributed by atoms with Gasteiger partial charge in [0.1, 0.15) is 6.10 Å². The highest BCUT2D eigenvalue weighted by Crippen LogP contribution is 2.25. The van der Waals surface area contributed by atoms with Crippen LogP contribution in [-0.4, -0.2) is 27.8 Å². The zero-order valence-corrected chi connectivity index (χ0v) is 10.3. The second kappa shape index (κ2) is 6.69. The smallest absolute Gasteiger partial charge is 0.269 e. The Morgan fingerprint density at radius 3 is 2.74 bits per heavy atom. The van der Waals surface area contributed by atoms with Gasteiger partial charge in [0.2, 0.25) is 0 Å². The van der Waals surface area contributed by atoms with E-state index in [9.17, 15) is 20.3 Å². The largest absolute Gasteiger partial charge is 0.390 e. The van der Waals surface area contributed by atoms with E-state index < -0.39 is 17.1 Å². The lowest BCUT2D eigenvalue weighted by molar-refractivity contribution is -0.384. The minimum atomic E-state index is -1.17. The first-order valence-electron chi connectivity index (χ1n) is 5.59. The van der Waals surface area contributed by atoms with E-state index in [-0.39, 0.29) is 18.7 Å². The third-order valence-corrected chi connectivity index (χ3v) is 2.74. The van der Waals surface area contributed by atoms with Crippen LogP contribution in [0.25, 0.3) is 10.4 Å². The summed E-state index contributed by atoms with van der Waals surface area (Å²) >= 11 is 0. The number of aliphatic hydroxyl groups is 2.